The topological polar surface area (TPSA) is 128 Å². The van der Waals surface area contributed by atoms with Crippen LogP contribution in [0.1, 0.15) is 5.56 Å². The van der Waals surface area contributed by atoms with Gasteiger partial charge in [-0.1, -0.05) is 12.1 Å². The van der Waals surface area contributed by atoms with Crippen molar-refractivity contribution in [2.45, 2.75) is 0 Å². The molecule has 0 bridgehead atoms. The zero-order chi connectivity index (χ0) is 14.7. The second-order valence-electron chi connectivity index (χ2n) is 3.83. The molecule has 0 spiro atoms. The maximum atomic E-state index is 9.03. The van der Waals surface area contributed by atoms with Crippen molar-refractivity contribution < 1.29 is 4.74 Å². The first kappa shape index (κ1) is 12.5. The monoisotopic (exact) mass is 280 g/mol. The number of hydrogen-bond donors (Lipinski definition) is 1. The highest BCUT2D eigenvalue weighted by Gasteiger charge is 2.10. The van der Waals surface area contributed by atoms with E-state index in [1.54, 1.807) is 24.3 Å². The van der Waals surface area contributed by atoms with Crippen LogP contribution in [-0.4, -0.2) is 29.7 Å². The third kappa shape index (κ3) is 2.59. The highest BCUT2D eigenvalue weighted by molar-refractivity contribution is 5.44. The Hall–Kier alpha value is -3.54. The van der Waals surface area contributed by atoms with Crippen molar-refractivity contribution in [3.63, 3.8) is 0 Å². The van der Waals surface area contributed by atoms with Crippen LogP contribution < -0.4 is 10.5 Å². The normalized spacial score (nSPS) is 10.0. The van der Waals surface area contributed by atoms with Crippen LogP contribution in [0.25, 0.3) is 5.95 Å². The van der Waals surface area contributed by atoms with E-state index in [0.717, 1.165) is 0 Å². The molecular formula is C12H8N8O. The Labute approximate surface area is 118 Å². The van der Waals surface area contributed by atoms with Gasteiger partial charge in [0.2, 0.25) is 5.95 Å². The summed E-state index contributed by atoms with van der Waals surface area (Å²) in [6.07, 6.45) is 2.76. The van der Waals surface area contributed by atoms with Gasteiger partial charge in [-0.25, -0.2) is 4.98 Å². The molecule has 9 nitrogen and oxygen atoms in total. The van der Waals surface area contributed by atoms with Gasteiger partial charge in [-0.15, -0.1) is 0 Å². The summed E-state index contributed by atoms with van der Waals surface area (Å²) in [5.41, 5.74) is 5.98. The fraction of sp³-hybridized carbons (Fsp3) is 0. The van der Waals surface area contributed by atoms with E-state index >= 15 is 0 Å². The van der Waals surface area contributed by atoms with E-state index in [-0.39, 0.29) is 17.9 Å². The lowest BCUT2D eigenvalue weighted by Gasteiger charge is -2.06. The SMILES string of the molecule is N#Cc1ccccc1Oc1nc(N)nc(-n2cncn2)n1. The van der Waals surface area contributed by atoms with Gasteiger partial charge in [-0.05, 0) is 12.1 Å². The Morgan fingerprint density at radius 2 is 2.05 bits per heavy atom. The predicted octanol–water partition coefficient (Wildman–Crippen LogP) is 0.698. The lowest BCUT2D eigenvalue weighted by atomic mass is 10.2. The zero-order valence-electron chi connectivity index (χ0n) is 10.6. The number of anilines is 1. The average molecular weight is 280 g/mol. The predicted molar refractivity (Wildman–Crippen MR) is 70.4 cm³/mol. The quantitative estimate of drug-likeness (QED) is 0.742. The van der Waals surface area contributed by atoms with Crippen LogP contribution in [0.2, 0.25) is 0 Å². The third-order valence-electron chi connectivity index (χ3n) is 2.45. The molecule has 0 saturated heterocycles. The molecule has 0 aliphatic rings. The fourth-order valence-electron chi connectivity index (χ4n) is 1.57. The van der Waals surface area contributed by atoms with Crippen molar-refractivity contribution in [1.82, 2.24) is 29.7 Å². The van der Waals surface area contributed by atoms with E-state index in [0.29, 0.717) is 11.3 Å². The summed E-state index contributed by atoms with van der Waals surface area (Å²) < 4.78 is 6.81. The van der Waals surface area contributed by atoms with Gasteiger partial charge in [0.1, 0.15) is 24.5 Å². The van der Waals surface area contributed by atoms with Crippen molar-refractivity contribution in [3.05, 3.63) is 42.5 Å². The molecular weight excluding hydrogens is 272 g/mol. The molecule has 21 heavy (non-hydrogen) atoms. The second kappa shape index (κ2) is 5.22. The summed E-state index contributed by atoms with van der Waals surface area (Å²) in [4.78, 5) is 15.7. The minimum absolute atomic E-state index is 0.0278. The molecule has 2 N–H and O–H groups in total. The summed E-state index contributed by atoms with van der Waals surface area (Å²) in [6, 6.07) is 8.71. The Bertz CT molecular complexity index is 808. The van der Waals surface area contributed by atoms with Crippen molar-refractivity contribution >= 4 is 5.95 Å². The van der Waals surface area contributed by atoms with Gasteiger partial charge < -0.3 is 10.5 Å². The number of benzene rings is 1. The van der Waals surface area contributed by atoms with Gasteiger partial charge in [-0.2, -0.15) is 30.0 Å². The van der Waals surface area contributed by atoms with Crippen molar-refractivity contribution in [3.8, 4) is 23.8 Å². The average Bonchev–Trinajstić information content (AvgIpc) is 3.01. The molecule has 2 heterocycles. The zero-order valence-corrected chi connectivity index (χ0v) is 10.6. The van der Waals surface area contributed by atoms with E-state index in [1.165, 1.54) is 17.3 Å². The minimum atomic E-state index is -0.0318. The molecule has 3 rings (SSSR count). The Kier molecular flexibility index (Phi) is 3.10. The van der Waals surface area contributed by atoms with Crippen LogP contribution in [0.5, 0.6) is 11.8 Å². The summed E-state index contributed by atoms with van der Waals surface area (Å²) in [6.45, 7) is 0. The van der Waals surface area contributed by atoms with Crippen LogP contribution in [0.15, 0.2) is 36.9 Å². The van der Waals surface area contributed by atoms with Gasteiger partial charge in [0.25, 0.3) is 5.95 Å². The van der Waals surface area contributed by atoms with Gasteiger partial charge in [0.05, 0.1) is 5.56 Å². The molecule has 3 aromatic rings. The molecule has 2 aromatic heterocycles. The van der Waals surface area contributed by atoms with Crippen LogP contribution in [0, 0.1) is 11.3 Å². The smallest absolute Gasteiger partial charge is 0.328 e. The number of rotatable bonds is 3. The maximum absolute atomic E-state index is 9.03. The highest BCUT2D eigenvalue weighted by atomic mass is 16.5. The molecule has 0 aliphatic heterocycles. The molecule has 0 fully saturated rings. The number of aromatic nitrogens is 6. The van der Waals surface area contributed by atoms with Crippen LogP contribution in [0.4, 0.5) is 5.95 Å². The molecule has 0 unspecified atom stereocenters. The number of nitrogens with zero attached hydrogens (tertiary/aromatic N) is 7. The van der Waals surface area contributed by atoms with E-state index < -0.39 is 0 Å². The Morgan fingerprint density at radius 3 is 2.81 bits per heavy atom. The molecule has 0 saturated carbocycles. The van der Waals surface area contributed by atoms with Gasteiger partial charge in [0.15, 0.2) is 0 Å². The van der Waals surface area contributed by atoms with Crippen LogP contribution in [-0.2, 0) is 0 Å². The molecule has 1 aromatic carbocycles. The lowest BCUT2D eigenvalue weighted by molar-refractivity contribution is 0.437. The number of nitrogen functional groups attached to an aromatic ring is 1. The number of hydrogen-bond acceptors (Lipinski definition) is 8. The van der Waals surface area contributed by atoms with E-state index in [1.807, 2.05) is 6.07 Å². The fourth-order valence-corrected chi connectivity index (χ4v) is 1.57. The van der Waals surface area contributed by atoms with E-state index in [2.05, 4.69) is 25.0 Å². The van der Waals surface area contributed by atoms with Crippen molar-refractivity contribution in [1.29, 1.82) is 5.26 Å². The van der Waals surface area contributed by atoms with Gasteiger partial charge in [0, 0.05) is 0 Å². The Morgan fingerprint density at radius 1 is 1.19 bits per heavy atom. The number of nitrogens with two attached hydrogens (primary N) is 1. The summed E-state index contributed by atoms with van der Waals surface area (Å²) in [7, 11) is 0. The maximum Gasteiger partial charge on any atom is 0.328 e. The summed E-state index contributed by atoms with van der Waals surface area (Å²) in [5.74, 6) is 0.472. The first-order chi connectivity index (χ1) is 10.3. The van der Waals surface area contributed by atoms with E-state index in [4.69, 9.17) is 15.7 Å². The first-order valence-corrected chi connectivity index (χ1v) is 5.80. The first-order valence-electron chi connectivity index (χ1n) is 5.80. The van der Waals surface area contributed by atoms with Crippen molar-refractivity contribution in [2.75, 3.05) is 5.73 Å². The van der Waals surface area contributed by atoms with Crippen LogP contribution >= 0.6 is 0 Å². The van der Waals surface area contributed by atoms with Crippen molar-refractivity contribution in [2.24, 2.45) is 0 Å². The summed E-state index contributed by atoms with van der Waals surface area (Å²) >= 11 is 0. The van der Waals surface area contributed by atoms with Crippen LogP contribution in [0.3, 0.4) is 0 Å². The number of ether oxygens (including phenoxy) is 1. The Balaban J connectivity index is 1.98. The lowest BCUT2D eigenvalue weighted by Crippen LogP contribution is -2.08. The van der Waals surface area contributed by atoms with Gasteiger partial charge >= 0.3 is 6.01 Å². The van der Waals surface area contributed by atoms with E-state index in [9.17, 15) is 0 Å². The molecule has 9 heteroatoms. The number of nitriles is 1. The molecule has 0 atom stereocenters. The highest BCUT2D eigenvalue weighted by Crippen LogP contribution is 2.22. The number of para-hydroxylation sites is 1. The molecule has 102 valence electrons. The third-order valence-corrected chi connectivity index (χ3v) is 2.45. The minimum Gasteiger partial charge on any atom is -0.423 e. The second-order valence-corrected chi connectivity index (χ2v) is 3.83. The molecule has 0 amide bonds. The largest absolute Gasteiger partial charge is 0.423 e. The van der Waals surface area contributed by atoms with Gasteiger partial charge in [-0.3, -0.25) is 0 Å². The standard InChI is InChI=1S/C12H8N8O/c13-5-8-3-1-2-4-9(8)21-12-18-10(14)17-11(19-12)20-7-15-6-16-20/h1-4,6-7H,(H2,14,17,18,19). The molecule has 0 radical (unpaired) electrons. The molecule has 0 aliphatic carbocycles. The summed E-state index contributed by atoms with van der Waals surface area (Å²) in [5, 5.41) is 12.9.